The van der Waals surface area contributed by atoms with E-state index in [1.807, 2.05) is 11.1 Å². The van der Waals surface area contributed by atoms with E-state index in [2.05, 4.69) is 28.7 Å². The molecular weight excluding hydrogens is 288 g/mol. The van der Waals surface area contributed by atoms with Crippen molar-refractivity contribution in [2.24, 2.45) is 5.92 Å². The van der Waals surface area contributed by atoms with Crippen molar-refractivity contribution in [3.05, 3.63) is 23.3 Å². The van der Waals surface area contributed by atoms with Crippen LogP contribution in [0.5, 0.6) is 0 Å². The number of fused-ring (bicyclic) bond motifs is 1. The molecule has 126 valence electrons. The number of aromatic nitrogens is 2. The highest BCUT2D eigenvalue weighted by Gasteiger charge is 2.26. The van der Waals surface area contributed by atoms with Crippen molar-refractivity contribution in [3.63, 3.8) is 0 Å². The van der Waals surface area contributed by atoms with E-state index in [4.69, 9.17) is 0 Å². The smallest absolute Gasteiger partial charge is 0.237 e. The van der Waals surface area contributed by atoms with Gasteiger partial charge in [-0.1, -0.05) is 26.7 Å². The van der Waals surface area contributed by atoms with Gasteiger partial charge in [0.2, 0.25) is 5.91 Å². The molecule has 23 heavy (non-hydrogen) atoms. The molecule has 0 spiro atoms. The Labute approximate surface area is 139 Å². The fourth-order valence-corrected chi connectivity index (χ4v) is 3.42. The number of carbonyl (C=O) groups excluding carboxylic acids is 1. The quantitative estimate of drug-likeness (QED) is 0.856. The minimum absolute atomic E-state index is 0.232. The summed E-state index contributed by atoms with van der Waals surface area (Å²) < 4.78 is 0. The van der Waals surface area contributed by atoms with Gasteiger partial charge >= 0.3 is 0 Å². The summed E-state index contributed by atoms with van der Waals surface area (Å²) >= 11 is 0. The second kappa shape index (κ2) is 7.39. The molecule has 0 radical (unpaired) electrons. The molecule has 0 bridgehead atoms. The highest BCUT2D eigenvalue weighted by molar-refractivity contribution is 5.78. The molecule has 2 aliphatic rings. The topological polar surface area (TPSA) is 49.3 Å². The number of carbonyl (C=O) groups is 1. The van der Waals surface area contributed by atoms with Crippen molar-refractivity contribution < 1.29 is 4.79 Å². The van der Waals surface area contributed by atoms with Crippen LogP contribution < -0.4 is 0 Å². The summed E-state index contributed by atoms with van der Waals surface area (Å²) in [6, 6.07) is 0. The molecule has 3 heterocycles. The molecule has 5 nitrogen and oxygen atoms in total. The van der Waals surface area contributed by atoms with E-state index in [9.17, 15) is 4.79 Å². The van der Waals surface area contributed by atoms with Crippen molar-refractivity contribution >= 4 is 5.91 Å². The summed E-state index contributed by atoms with van der Waals surface area (Å²) in [6.45, 7) is 8.34. The van der Waals surface area contributed by atoms with Crippen molar-refractivity contribution in [2.75, 3.05) is 19.6 Å². The standard InChI is InChI=1S/C18H28N4O/c1-14(2)9-17-19-10-15-11-22(12-16(15)20-17)18(23)13-21-7-5-3-4-6-8-21/h10,14H,3-9,11-13H2,1-2H3. The van der Waals surface area contributed by atoms with Gasteiger partial charge in [0.05, 0.1) is 18.8 Å². The summed E-state index contributed by atoms with van der Waals surface area (Å²) in [5, 5.41) is 0. The summed E-state index contributed by atoms with van der Waals surface area (Å²) in [4.78, 5) is 26.0. The first-order valence-electron chi connectivity index (χ1n) is 8.95. The van der Waals surface area contributed by atoms with Crippen LogP contribution in [0.4, 0.5) is 0 Å². The molecule has 0 aromatic carbocycles. The maximum absolute atomic E-state index is 12.6. The van der Waals surface area contributed by atoms with Gasteiger partial charge < -0.3 is 4.90 Å². The summed E-state index contributed by atoms with van der Waals surface area (Å²) in [5.74, 6) is 1.69. The Hall–Kier alpha value is -1.49. The Morgan fingerprint density at radius 3 is 2.61 bits per heavy atom. The van der Waals surface area contributed by atoms with Gasteiger partial charge in [-0.2, -0.15) is 0 Å². The molecule has 1 aromatic heterocycles. The van der Waals surface area contributed by atoms with Crippen LogP contribution in [-0.2, 0) is 24.3 Å². The molecule has 1 amide bonds. The fraction of sp³-hybridized carbons (Fsp3) is 0.722. The number of hydrogen-bond acceptors (Lipinski definition) is 4. The van der Waals surface area contributed by atoms with Gasteiger partial charge in [0.1, 0.15) is 5.82 Å². The van der Waals surface area contributed by atoms with E-state index in [-0.39, 0.29) is 5.91 Å². The molecule has 1 fully saturated rings. The van der Waals surface area contributed by atoms with Crippen LogP contribution in [0, 0.1) is 5.92 Å². The monoisotopic (exact) mass is 316 g/mol. The molecule has 0 atom stereocenters. The Bertz CT molecular complexity index is 550. The lowest BCUT2D eigenvalue weighted by atomic mass is 10.1. The van der Waals surface area contributed by atoms with E-state index < -0.39 is 0 Å². The normalized spacial score (nSPS) is 19.0. The summed E-state index contributed by atoms with van der Waals surface area (Å²) in [6.07, 6.45) is 7.85. The van der Waals surface area contributed by atoms with Crippen molar-refractivity contribution in [3.8, 4) is 0 Å². The highest BCUT2D eigenvalue weighted by Crippen LogP contribution is 2.21. The molecule has 2 aliphatic heterocycles. The molecule has 0 saturated carbocycles. The Morgan fingerprint density at radius 1 is 1.17 bits per heavy atom. The SMILES string of the molecule is CC(C)Cc1ncc2c(n1)CN(C(=O)CN1CCCCCC1)C2. The molecule has 1 aromatic rings. The van der Waals surface area contributed by atoms with Crippen LogP contribution in [0.2, 0.25) is 0 Å². The molecule has 0 N–H and O–H groups in total. The number of amides is 1. The lowest BCUT2D eigenvalue weighted by Crippen LogP contribution is -2.38. The Balaban J connectivity index is 1.58. The predicted molar refractivity (Wildman–Crippen MR) is 89.7 cm³/mol. The first-order valence-corrected chi connectivity index (χ1v) is 8.95. The number of likely N-dealkylation sites (tertiary alicyclic amines) is 1. The number of nitrogens with zero attached hydrogens (tertiary/aromatic N) is 4. The van der Waals surface area contributed by atoms with Gasteiger partial charge in [-0.25, -0.2) is 9.97 Å². The number of hydrogen-bond donors (Lipinski definition) is 0. The van der Waals surface area contributed by atoms with E-state index >= 15 is 0 Å². The third-order valence-electron chi connectivity index (χ3n) is 4.71. The maximum Gasteiger partial charge on any atom is 0.237 e. The van der Waals surface area contributed by atoms with Gasteiger partial charge in [0.25, 0.3) is 0 Å². The third-order valence-corrected chi connectivity index (χ3v) is 4.71. The Kier molecular flexibility index (Phi) is 5.26. The van der Waals surface area contributed by atoms with Crippen LogP contribution >= 0.6 is 0 Å². The third kappa shape index (κ3) is 4.28. The summed E-state index contributed by atoms with van der Waals surface area (Å²) in [5.41, 5.74) is 2.15. The fourth-order valence-electron chi connectivity index (χ4n) is 3.42. The van der Waals surface area contributed by atoms with Gasteiger partial charge in [-0.05, 0) is 31.8 Å². The Morgan fingerprint density at radius 2 is 1.91 bits per heavy atom. The van der Waals surface area contributed by atoms with E-state index in [0.717, 1.165) is 36.6 Å². The van der Waals surface area contributed by atoms with Crippen LogP contribution in [0.25, 0.3) is 0 Å². The minimum Gasteiger partial charge on any atom is -0.331 e. The van der Waals surface area contributed by atoms with E-state index in [1.165, 1.54) is 25.7 Å². The summed E-state index contributed by atoms with van der Waals surface area (Å²) in [7, 11) is 0. The van der Waals surface area contributed by atoms with Gasteiger partial charge in [0.15, 0.2) is 0 Å². The molecule has 0 aliphatic carbocycles. The average Bonchev–Trinajstić information content (AvgIpc) is 2.76. The zero-order valence-electron chi connectivity index (χ0n) is 14.4. The molecule has 1 saturated heterocycles. The first-order chi connectivity index (χ1) is 11.1. The lowest BCUT2D eigenvalue weighted by Gasteiger charge is -2.23. The number of rotatable bonds is 4. The largest absolute Gasteiger partial charge is 0.331 e. The average molecular weight is 316 g/mol. The maximum atomic E-state index is 12.6. The van der Waals surface area contributed by atoms with Crippen LogP contribution in [0.3, 0.4) is 0 Å². The zero-order valence-corrected chi connectivity index (χ0v) is 14.4. The minimum atomic E-state index is 0.232. The molecular formula is C18H28N4O. The first kappa shape index (κ1) is 16.4. The molecule has 0 unspecified atom stereocenters. The van der Waals surface area contributed by atoms with Crippen molar-refractivity contribution in [2.45, 2.75) is 59.0 Å². The van der Waals surface area contributed by atoms with Gasteiger partial charge in [-0.15, -0.1) is 0 Å². The molecule has 5 heteroatoms. The zero-order chi connectivity index (χ0) is 16.2. The van der Waals surface area contributed by atoms with Crippen LogP contribution in [0.15, 0.2) is 6.20 Å². The van der Waals surface area contributed by atoms with E-state index in [1.54, 1.807) is 0 Å². The second-order valence-corrected chi connectivity index (χ2v) is 7.30. The van der Waals surface area contributed by atoms with Crippen molar-refractivity contribution in [1.82, 2.24) is 19.8 Å². The molecule has 3 rings (SSSR count). The van der Waals surface area contributed by atoms with Crippen LogP contribution in [-0.4, -0.2) is 45.3 Å². The van der Waals surface area contributed by atoms with E-state index in [0.29, 0.717) is 25.6 Å². The van der Waals surface area contributed by atoms with Gasteiger partial charge in [-0.3, -0.25) is 9.69 Å². The highest BCUT2D eigenvalue weighted by atomic mass is 16.2. The van der Waals surface area contributed by atoms with Gasteiger partial charge in [0, 0.05) is 24.7 Å². The second-order valence-electron chi connectivity index (χ2n) is 7.30. The van der Waals surface area contributed by atoms with Crippen molar-refractivity contribution in [1.29, 1.82) is 0 Å². The van der Waals surface area contributed by atoms with Crippen LogP contribution in [0.1, 0.15) is 56.6 Å². The predicted octanol–water partition coefficient (Wildman–Crippen LogP) is 2.39. The lowest BCUT2D eigenvalue weighted by molar-refractivity contribution is -0.133.